The molecule has 2 aromatic carbocycles. The van der Waals surface area contributed by atoms with Gasteiger partial charge in [0.2, 0.25) is 0 Å². The molecule has 0 aliphatic carbocycles. The van der Waals surface area contributed by atoms with E-state index >= 15 is 0 Å². The van der Waals surface area contributed by atoms with E-state index in [9.17, 15) is 4.79 Å². The van der Waals surface area contributed by atoms with Crippen LogP contribution in [-0.4, -0.2) is 34.4 Å². The Morgan fingerprint density at radius 3 is 1.71 bits per heavy atom. The van der Waals surface area contributed by atoms with E-state index in [1.807, 2.05) is 0 Å². The summed E-state index contributed by atoms with van der Waals surface area (Å²) >= 11 is 0. The van der Waals surface area contributed by atoms with Crippen LogP contribution in [0.4, 0.5) is 0 Å². The SMILES string of the molecule is COCCCC(=O)CCCO[Si](c1ccccc1)(c1ccccc1)C(C)(C)C. The van der Waals surface area contributed by atoms with E-state index in [4.69, 9.17) is 9.16 Å². The number of carbonyl (C=O) groups excluding carboxylic acids is 1. The van der Waals surface area contributed by atoms with Gasteiger partial charge in [-0.3, -0.25) is 4.79 Å². The molecule has 0 aromatic heterocycles. The Labute approximate surface area is 171 Å². The second kappa shape index (κ2) is 10.7. The van der Waals surface area contributed by atoms with E-state index in [-0.39, 0.29) is 5.04 Å². The van der Waals surface area contributed by atoms with Crippen molar-refractivity contribution in [2.75, 3.05) is 20.3 Å². The van der Waals surface area contributed by atoms with Crippen molar-refractivity contribution in [2.24, 2.45) is 0 Å². The zero-order chi connectivity index (χ0) is 20.5. The summed E-state index contributed by atoms with van der Waals surface area (Å²) < 4.78 is 11.8. The van der Waals surface area contributed by atoms with Crippen molar-refractivity contribution in [2.45, 2.75) is 51.5 Å². The van der Waals surface area contributed by atoms with E-state index in [0.717, 1.165) is 12.8 Å². The molecule has 0 N–H and O–H groups in total. The zero-order valence-electron chi connectivity index (χ0n) is 17.7. The highest BCUT2D eigenvalue weighted by atomic mass is 28.4. The van der Waals surface area contributed by atoms with Gasteiger partial charge < -0.3 is 9.16 Å². The molecule has 0 radical (unpaired) electrons. The van der Waals surface area contributed by atoms with Crippen molar-refractivity contribution in [1.29, 1.82) is 0 Å². The molecule has 0 bridgehead atoms. The number of Topliss-reactive ketones (excluding diaryl/α,β-unsaturated/α-hetero) is 1. The Hall–Kier alpha value is -1.75. The third-order valence-electron chi connectivity index (χ3n) is 5.14. The number of rotatable bonds is 11. The molecule has 0 aliphatic rings. The first-order valence-corrected chi connectivity index (χ1v) is 12.1. The van der Waals surface area contributed by atoms with Crippen molar-refractivity contribution in [3.05, 3.63) is 60.7 Å². The molecule has 0 fully saturated rings. The monoisotopic (exact) mass is 398 g/mol. The van der Waals surface area contributed by atoms with Crippen molar-refractivity contribution >= 4 is 24.5 Å². The van der Waals surface area contributed by atoms with Gasteiger partial charge >= 0.3 is 0 Å². The predicted molar refractivity (Wildman–Crippen MR) is 119 cm³/mol. The fraction of sp³-hybridized carbons (Fsp3) is 0.458. The minimum Gasteiger partial charge on any atom is -0.407 e. The number of ketones is 1. The molecular formula is C24H34O3Si. The van der Waals surface area contributed by atoms with Crippen LogP contribution in [0.3, 0.4) is 0 Å². The first kappa shape index (κ1) is 22.5. The molecule has 2 aromatic rings. The molecule has 0 unspecified atom stereocenters. The first-order chi connectivity index (χ1) is 13.4. The van der Waals surface area contributed by atoms with Crippen LogP contribution in [0.1, 0.15) is 46.5 Å². The lowest BCUT2D eigenvalue weighted by Gasteiger charge is -2.43. The maximum atomic E-state index is 12.1. The lowest BCUT2D eigenvalue weighted by Crippen LogP contribution is -2.66. The molecule has 0 heterocycles. The second-order valence-corrected chi connectivity index (χ2v) is 12.6. The van der Waals surface area contributed by atoms with Crippen LogP contribution >= 0.6 is 0 Å². The summed E-state index contributed by atoms with van der Waals surface area (Å²) in [6.45, 7) is 8.06. The van der Waals surface area contributed by atoms with E-state index < -0.39 is 8.32 Å². The zero-order valence-corrected chi connectivity index (χ0v) is 18.7. The molecule has 3 nitrogen and oxygen atoms in total. The Kier molecular flexibility index (Phi) is 8.61. The predicted octanol–water partition coefficient (Wildman–Crippen LogP) is 4.34. The normalized spacial score (nSPS) is 12.1. The van der Waals surface area contributed by atoms with Gasteiger partial charge in [-0.1, -0.05) is 81.4 Å². The number of benzene rings is 2. The van der Waals surface area contributed by atoms with Gasteiger partial charge in [0.1, 0.15) is 5.78 Å². The van der Waals surface area contributed by atoms with E-state index in [2.05, 4.69) is 81.4 Å². The van der Waals surface area contributed by atoms with E-state index in [0.29, 0.717) is 31.8 Å². The minimum atomic E-state index is -2.48. The maximum Gasteiger partial charge on any atom is 0.261 e. The fourth-order valence-electron chi connectivity index (χ4n) is 3.79. The molecule has 0 aliphatic heterocycles. The number of hydrogen-bond acceptors (Lipinski definition) is 3. The summed E-state index contributed by atoms with van der Waals surface area (Å²) in [6.07, 6.45) is 2.72. The largest absolute Gasteiger partial charge is 0.407 e. The summed E-state index contributed by atoms with van der Waals surface area (Å²) in [6, 6.07) is 21.2. The third-order valence-corrected chi connectivity index (χ3v) is 10.2. The molecular weight excluding hydrogens is 364 g/mol. The van der Waals surface area contributed by atoms with Gasteiger partial charge in [-0.15, -0.1) is 0 Å². The Morgan fingerprint density at radius 1 is 0.821 bits per heavy atom. The van der Waals surface area contributed by atoms with Crippen molar-refractivity contribution in [1.82, 2.24) is 0 Å². The Balaban J connectivity index is 2.19. The van der Waals surface area contributed by atoms with Crippen LogP contribution in [0.15, 0.2) is 60.7 Å². The first-order valence-electron chi connectivity index (χ1n) is 10.2. The van der Waals surface area contributed by atoms with Crippen molar-refractivity contribution in [3.63, 3.8) is 0 Å². The molecule has 0 saturated carbocycles. The van der Waals surface area contributed by atoms with Crippen LogP contribution in [0, 0.1) is 0 Å². The lowest BCUT2D eigenvalue weighted by molar-refractivity contribution is -0.119. The average Bonchev–Trinajstić information content (AvgIpc) is 2.69. The summed E-state index contributed by atoms with van der Waals surface area (Å²) in [4.78, 5) is 12.1. The molecule has 4 heteroatoms. The van der Waals surface area contributed by atoms with Crippen LogP contribution < -0.4 is 10.4 Å². The van der Waals surface area contributed by atoms with Crippen molar-refractivity contribution in [3.8, 4) is 0 Å². The summed E-state index contributed by atoms with van der Waals surface area (Å²) in [7, 11) is -0.815. The van der Waals surface area contributed by atoms with Gasteiger partial charge in [0.15, 0.2) is 0 Å². The highest BCUT2D eigenvalue weighted by Gasteiger charge is 2.49. The fourth-order valence-corrected chi connectivity index (χ4v) is 8.40. The standard InChI is InChI=1S/C24H34O3Si/c1-24(2,3)28(22-15-7-5-8-16-22,23-17-9-6-10-18-23)27-20-12-14-21(25)13-11-19-26-4/h5-10,15-18H,11-14,19-20H2,1-4H3. The minimum absolute atomic E-state index is 0.0296. The van der Waals surface area contributed by atoms with E-state index in [1.54, 1.807) is 7.11 Å². The van der Waals surface area contributed by atoms with Gasteiger partial charge in [0, 0.05) is 33.2 Å². The molecule has 0 spiro atoms. The highest BCUT2D eigenvalue weighted by Crippen LogP contribution is 2.36. The van der Waals surface area contributed by atoms with Crippen LogP contribution in [0.5, 0.6) is 0 Å². The third kappa shape index (κ3) is 5.63. The van der Waals surface area contributed by atoms with Gasteiger partial charge in [-0.2, -0.15) is 0 Å². The van der Waals surface area contributed by atoms with Crippen LogP contribution in [0.2, 0.25) is 5.04 Å². The second-order valence-electron chi connectivity index (χ2n) is 8.25. The number of hydrogen-bond donors (Lipinski definition) is 0. The summed E-state index contributed by atoms with van der Waals surface area (Å²) in [5.74, 6) is 0.295. The molecule has 0 saturated heterocycles. The highest BCUT2D eigenvalue weighted by molar-refractivity contribution is 6.99. The molecule has 152 valence electrons. The topological polar surface area (TPSA) is 35.5 Å². The van der Waals surface area contributed by atoms with Gasteiger partial charge in [0.25, 0.3) is 8.32 Å². The van der Waals surface area contributed by atoms with Crippen molar-refractivity contribution < 1.29 is 14.0 Å². The number of methoxy groups -OCH3 is 1. The molecule has 2 rings (SSSR count). The average molecular weight is 399 g/mol. The van der Waals surface area contributed by atoms with Crippen LogP contribution in [-0.2, 0) is 14.0 Å². The lowest BCUT2D eigenvalue weighted by atomic mass is 10.1. The summed E-state index contributed by atoms with van der Waals surface area (Å²) in [5.41, 5.74) is 0. The van der Waals surface area contributed by atoms with Gasteiger partial charge in [-0.25, -0.2) is 0 Å². The number of carbonyl (C=O) groups is 1. The molecule has 0 amide bonds. The quantitative estimate of drug-likeness (QED) is 0.417. The molecule has 28 heavy (non-hydrogen) atoms. The Bertz CT molecular complexity index is 668. The van der Waals surface area contributed by atoms with E-state index in [1.165, 1.54) is 10.4 Å². The number of ether oxygens (including phenoxy) is 1. The maximum absolute atomic E-state index is 12.1. The Morgan fingerprint density at radius 2 is 1.29 bits per heavy atom. The van der Waals surface area contributed by atoms with Gasteiger partial charge in [-0.05, 0) is 28.3 Å². The smallest absolute Gasteiger partial charge is 0.261 e. The molecule has 0 atom stereocenters. The summed E-state index contributed by atoms with van der Waals surface area (Å²) in [5, 5.41) is 2.53. The van der Waals surface area contributed by atoms with Crippen LogP contribution in [0.25, 0.3) is 0 Å². The van der Waals surface area contributed by atoms with Gasteiger partial charge in [0.05, 0.1) is 0 Å².